The van der Waals surface area contributed by atoms with Crippen LogP contribution in [-0.2, 0) is 0 Å². The van der Waals surface area contributed by atoms with Crippen LogP contribution in [-0.4, -0.2) is 37.6 Å². The van der Waals surface area contributed by atoms with Crippen LogP contribution in [0, 0.1) is 5.92 Å². The molecule has 28 heavy (non-hydrogen) atoms. The van der Waals surface area contributed by atoms with Crippen molar-refractivity contribution in [2.75, 3.05) is 37.6 Å². The summed E-state index contributed by atoms with van der Waals surface area (Å²) in [5.41, 5.74) is 2.67. The molecule has 1 heterocycles. The molecule has 0 bridgehead atoms. The normalized spacial score (nSPS) is 20.3. The van der Waals surface area contributed by atoms with Crippen LogP contribution in [0.2, 0.25) is 10.0 Å². The van der Waals surface area contributed by atoms with Crippen LogP contribution in [0.3, 0.4) is 0 Å². The van der Waals surface area contributed by atoms with Gasteiger partial charge in [-0.2, -0.15) is 0 Å². The van der Waals surface area contributed by atoms with E-state index in [9.17, 15) is 0 Å². The first-order valence-corrected chi connectivity index (χ1v) is 11.4. The number of rotatable bonds is 5. The van der Waals surface area contributed by atoms with Crippen molar-refractivity contribution in [2.45, 2.75) is 38.0 Å². The average molecular weight is 417 g/mol. The minimum Gasteiger partial charge on any atom is -0.369 e. The third-order valence-electron chi connectivity index (χ3n) is 6.50. The van der Waals surface area contributed by atoms with Gasteiger partial charge in [0.15, 0.2) is 0 Å². The summed E-state index contributed by atoms with van der Waals surface area (Å²) in [4.78, 5) is 5.11. The predicted molar refractivity (Wildman–Crippen MR) is 121 cm³/mol. The molecular weight excluding hydrogens is 387 g/mol. The molecule has 2 fully saturated rings. The lowest BCUT2D eigenvalue weighted by atomic mass is 9.76. The summed E-state index contributed by atoms with van der Waals surface area (Å²) < 4.78 is 0. The van der Waals surface area contributed by atoms with Crippen molar-refractivity contribution in [3.63, 3.8) is 0 Å². The smallest absolute Gasteiger partial charge is 0.0426 e. The van der Waals surface area contributed by atoms with E-state index in [4.69, 9.17) is 23.2 Å². The Morgan fingerprint density at radius 2 is 1.50 bits per heavy atom. The van der Waals surface area contributed by atoms with Crippen molar-refractivity contribution in [3.8, 4) is 0 Å². The first-order valence-electron chi connectivity index (χ1n) is 10.7. The minimum atomic E-state index is 0.594. The number of hydrogen-bond acceptors (Lipinski definition) is 2. The number of piperazine rings is 1. The molecule has 1 saturated carbocycles. The number of benzene rings is 2. The Hall–Kier alpha value is -1.22. The number of halogens is 2. The second-order valence-corrected chi connectivity index (χ2v) is 9.20. The lowest BCUT2D eigenvalue weighted by molar-refractivity contribution is 0.196. The molecule has 150 valence electrons. The van der Waals surface area contributed by atoms with E-state index >= 15 is 0 Å². The monoisotopic (exact) mass is 416 g/mol. The fourth-order valence-electron chi connectivity index (χ4n) is 4.94. The SMILES string of the molecule is Clc1cccc(C(CN2CCN(c3cccc(Cl)c3)CC2)C2CCCCC2)c1. The number of anilines is 1. The van der Waals surface area contributed by atoms with Crippen LogP contribution in [0.4, 0.5) is 5.69 Å². The maximum atomic E-state index is 6.34. The Labute approximate surface area is 179 Å². The molecule has 4 heteroatoms. The van der Waals surface area contributed by atoms with Crippen molar-refractivity contribution in [1.82, 2.24) is 4.90 Å². The van der Waals surface area contributed by atoms with Crippen LogP contribution < -0.4 is 4.90 Å². The summed E-state index contributed by atoms with van der Waals surface area (Å²) >= 11 is 12.5. The highest BCUT2D eigenvalue weighted by atomic mass is 35.5. The molecule has 1 aliphatic carbocycles. The van der Waals surface area contributed by atoms with Gasteiger partial charge in [-0.05, 0) is 60.6 Å². The summed E-state index contributed by atoms with van der Waals surface area (Å²) in [5, 5.41) is 1.68. The van der Waals surface area contributed by atoms with Crippen molar-refractivity contribution in [2.24, 2.45) is 5.92 Å². The largest absolute Gasteiger partial charge is 0.369 e. The lowest BCUT2D eigenvalue weighted by Gasteiger charge is -2.40. The van der Waals surface area contributed by atoms with E-state index in [1.165, 1.54) is 43.4 Å². The molecule has 2 aromatic rings. The van der Waals surface area contributed by atoms with Gasteiger partial charge in [-0.25, -0.2) is 0 Å². The summed E-state index contributed by atoms with van der Waals surface area (Å²) in [6.45, 7) is 5.49. The van der Waals surface area contributed by atoms with Crippen LogP contribution in [0.1, 0.15) is 43.6 Å². The highest BCUT2D eigenvalue weighted by Crippen LogP contribution is 2.37. The van der Waals surface area contributed by atoms with E-state index in [1.54, 1.807) is 0 Å². The van der Waals surface area contributed by atoms with Gasteiger partial charge < -0.3 is 4.90 Å². The second kappa shape index (κ2) is 9.52. The van der Waals surface area contributed by atoms with E-state index in [0.717, 1.165) is 48.7 Å². The van der Waals surface area contributed by atoms with Gasteiger partial charge in [0, 0.05) is 48.5 Å². The first kappa shape index (κ1) is 20.1. The number of nitrogens with zero attached hydrogens (tertiary/aromatic N) is 2. The Balaban J connectivity index is 1.42. The Bertz CT molecular complexity index is 765. The van der Waals surface area contributed by atoms with Gasteiger partial charge in [-0.3, -0.25) is 4.90 Å². The van der Waals surface area contributed by atoms with Crippen LogP contribution in [0.15, 0.2) is 48.5 Å². The molecule has 1 aliphatic heterocycles. The molecule has 2 aliphatic rings. The fourth-order valence-corrected chi connectivity index (χ4v) is 5.32. The summed E-state index contributed by atoms with van der Waals surface area (Å²) in [6.07, 6.45) is 6.88. The van der Waals surface area contributed by atoms with Gasteiger partial charge in [0.25, 0.3) is 0 Å². The van der Waals surface area contributed by atoms with Crippen molar-refractivity contribution < 1.29 is 0 Å². The molecule has 2 nitrogen and oxygen atoms in total. The van der Waals surface area contributed by atoms with Crippen molar-refractivity contribution in [3.05, 3.63) is 64.1 Å². The average Bonchev–Trinajstić information content (AvgIpc) is 2.73. The van der Waals surface area contributed by atoms with Gasteiger partial charge in [0.05, 0.1) is 0 Å². The zero-order valence-corrected chi connectivity index (χ0v) is 18.0. The maximum Gasteiger partial charge on any atom is 0.0426 e. The molecule has 0 radical (unpaired) electrons. The van der Waals surface area contributed by atoms with Gasteiger partial charge in [-0.1, -0.05) is 60.7 Å². The summed E-state index contributed by atoms with van der Waals surface area (Å²) in [7, 11) is 0. The molecule has 0 N–H and O–H groups in total. The minimum absolute atomic E-state index is 0.594. The Morgan fingerprint density at radius 3 is 2.18 bits per heavy atom. The molecule has 0 amide bonds. The van der Waals surface area contributed by atoms with Crippen molar-refractivity contribution >= 4 is 28.9 Å². The lowest BCUT2D eigenvalue weighted by Crippen LogP contribution is -2.48. The summed E-state index contributed by atoms with van der Waals surface area (Å²) in [6, 6.07) is 16.8. The third-order valence-corrected chi connectivity index (χ3v) is 6.97. The van der Waals surface area contributed by atoms with E-state index in [0.29, 0.717) is 5.92 Å². The quantitative estimate of drug-likeness (QED) is 0.549. The molecule has 1 atom stereocenters. The topological polar surface area (TPSA) is 6.48 Å². The van der Waals surface area contributed by atoms with E-state index < -0.39 is 0 Å². The number of hydrogen-bond donors (Lipinski definition) is 0. The zero-order valence-electron chi connectivity index (χ0n) is 16.5. The van der Waals surface area contributed by atoms with Crippen LogP contribution >= 0.6 is 23.2 Å². The van der Waals surface area contributed by atoms with Crippen LogP contribution in [0.25, 0.3) is 0 Å². The molecule has 2 aromatic carbocycles. The highest BCUT2D eigenvalue weighted by molar-refractivity contribution is 6.31. The van der Waals surface area contributed by atoms with Gasteiger partial charge in [0.1, 0.15) is 0 Å². The fraction of sp³-hybridized carbons (Fsp3) is 0.500. The van der Waals surface area contributed by atoms with E-state index in [1.807, 2.05) is 18.2 Å². The zero-order chi connectivity index (χ0) is 19.3. The third kappa shape index (κ3) is 5.03. The van der Waals surface area contributed by atoms with E-state index in [-0.39, 0.29) is 0 Å². The predicted octanol–water partition coefficient (Wildman–Crippen LogP) is 6.48. The van der Waals surface area contributed by atoms with E-state index in [2.05, 4.69) is 40.1 Å². The van der Waals surface area contributed by atoms with Gasteiger partial charge in [0.2, 0.25) is 0 Å². The first-order chi connectivity index (χ1) is 13.7. The molecular formula is C24H30Cl2N2. The standard InChI is InChI=1S/C24H30Cl2N2/c25-21-9-4-8-20(16-21)24(19-6-2-1-3-7-19)18-27-12-14-28(15-13-27)23-11-5-10-22(26)17-23/h4-5,8-11,16-17,19,24H,1-3,6-7,12-15,18H2. The molecule has 0 aromatic heterocycles. The molecule has 0 spiro atoms. The summed E-state index contributed by atoms with van der Waals surface area (Å²) in [5.74, 6) is 1.38. The molecule has 4 rings (SSSR count). The Morgan fingerprint density at radius 1 is 0.821 bits per heavy atom. The van der Waals surface area contributed by atoms with Gasteiger partial charge >= 0.3 is 0 Å². The maximum absolute atomic E-state index is 6.34. The molecule has 1 unspecified atom stereocenters. The Kier molecular flexibility index (Phi) is 6.82. The second-order valence-electron chi connectivity index (χ2n) is 8.33. The van der Waals surface area contributed by atoms with Crippen molar-refractivity contribution in [1.29, 1.82) is 0 Å². The molecule has 1 saturated heterocycles. The van der Waals surface area contributed by atoms with Gasteiger partial charge in [-0.15, -0.1) is 0 Å². The highest BCUT2D eigenvalue weighted by Gasteiger charge is 2.28. The van der Waals surface area contributed by atoms with Crippen LogP contribution in [0.5, 0.6) is 0 Å².